The van der Waals surface area contributed by atoms with Crippen LogP contribution in [0.2, 0.25) is 5.02 Å². The van der Waals surface area contributed by atoms with Gasteiger partial charge in [0, 0.05) is 10.9 Å². The molecule has 0 spiro atoms. The molecule has 0 fully saturated rings. The maximum absolute atomic E-state index is 6.18. The number of nitrogens with zero attached hydrogens (tertiary/aromatic N) is 1. The van der Waals surface area contributed by atoms with Crippen molar-refractivity contribution in [2.24, 2.45) is 0 Å². The molecule has 0 aliphatic rings. The predicted octanol–water partition coefficient (Wildman–Crippen LogP) is 4.62. The summed E-state index contributed by atoms with van der Waals surface area (Å²) in [5.74, 6) is 0.671. The Kier molecular flexibility index (Phi) is 4.08. The molecule has 0 saturated heterocycles. The molecule has 21 heavy (non-hydrogen) atoms. The van der Waals surface area contributed by atoms with Crippen molar-refractivity contribution >= 4 is 28.6 Å². The number of para-hydroxylation sites is 2. The second kappa shape index (κ2) is 6.16. The number of anilines is 1. The van der Waals surface area contributed by atoms with Crippen LogP contribution in [-0.2, 0) is 6.61 Å². The molecule has 2 N–H and O–H groups in total. The number of halogens is 1. The molecule has 0 aliphatic heterocycles. The summed E-state index contributed by atoms with van der Waals surface area (Å²) in [5.41, 5.74) is 8.26. The highest BCUT2D eigenvalue weighted by Crippen LogP contribution is 2.30. The van der Waals surface area contributed by atoms with Crippen LogP contribution in [0.15, 0.2) is 53.9 Å². The maximum atomic E-state index is 6.18. The van der Waals surface area contributed by atoms with Gasteiger partial charge >= 0.3 is 0 Å². The summed E-state index contributed by atoms with van der Waals surface area (Å²) in [6, 6.07) is 15.1. The zero-order valence-electron chi connectivity index (χ0n) is 11.1. The monoisotopic (exact) mass is 316 g/mol. The first kappa shape index (κ1) is 13.9. The molecule has 0 atom stereocenters. The quantitative estimate of drug-likeness (QED) is 0.714. The molecule has 106 valence electrons. The molecule has 3 nitrogen and oxygen atoms in total. The van der Waals surface area contributed by atoms with Crippen LogP contribution in [0.4, 0.5) is 5.69 Å². The first-order valence-electron chi connectivity index (χ1n) is 6.40. The van der Waals surface area contributed by atoms with E-state index < -0.39 is 0 Å². The van der Waals surface area contributed by atoms with Gasteiger partial charge in [0.15, 0.2) is 0 Å². The molecular formula is C16H13ClN2OS. The van der Waals surface area contributed by atoms with Gasteiger partial charge in [-0.05, 0) is 18.2 Å². The molecular weight excluding hydrogens is 304 g/mol. The molecule has 1 heterocycles. The number of aromatic nitrogens is 1. The van der Waals surface area contributed by atoms with Gasteiger partial charge in [0.1, 0.15) is 17.4 Å². The van der Waals surface area contributed by atoms with E-state index in [2.05, 4.69) is 4.98 Å². The summed E-state index contributed by atoms with van der Waals surface area (Å²) >= 11 is 7.73. The normalized spacial score (nSPS) is 10.5. The first-order chi connectivity index (χ1) is 10.2. The van der Waals surface area contributed by atoms with Crippen molar-refractivity contribution in [1.82, 2.24) is 4.98 Å². The molecule has 1 aromatic heterocycles. The Morgan fingerprint density at radius 2 is 1.86 bits per heavy atom. The van der Waals surface area contributed by atoms with Crippen LogP contribution in [0.3, 0.4) is 0 Å². The largest absolute Gasteiger partial charge is 0.485 e. The molecule has 0 radical (unpaired) electrons. The fourth-order valence-electron chi connectivity index (χ4n) is 1.90. The second-order valence-corrected chi connectivity index (χ2v) is 5.72. The van der Waals surface area contributed by atoms with E-state index in [0.29, 0.717) is 23.1 Å². The fourth-order valence-corrected chi connectivity index (χ4v) is 3.02. The van der Waals surface area contributed by atoms with Gasteiger partial charge < -0.3 is 10.5 Å². The van der Waals surface area contributed by atoms with Crippen molar-refractivity contribution in [3.63, 3.8) is 0 Å². The van der Waals surface area contributed by atoms with E-state index >= 15 is 0 Å². The summed E-state index contributed by atoms with van der Waals surface area (Å²) in [4.78, 5) is 4.55. The van der Waals surface area contributed by atoms with E-state index in [-0.39, 0.29) is 0 Å². The van der Waals surface area contributed by atoms with Crippen molar-refractivity contribution in [2.75, 3.05) is 5.73 Å². The molecule has 0 amide bonds. The van der Waals surface area contributed by atoms with E-state index in [1.54, 1.807) is 11.3 Å². The summed E-state index contributed by atoms with van der Waals surface area (Å²) in [5, 5.41) is 3.56. The Morgan fingerprint density at radius 3 is 2.67 bits per heavy atom. The zero-order valence-corrected chi connectivity index (χ0v) is 12.7. The number of benzene rings is 2. The number of hydrogen-bond acceptors (Lipinski definition) is 4. The first-order valence-corrected chi connectivity index (χ1v) is 7.66. The zero-order chi connectivity index (χ0) is 14.7. The topological polar surface area (TPSA) is 48.1 Å². The summed E-state index contributed by atoms with van der Waals surface area (Å²) in [7, 11) is 0. The predicted molar refractivity (Wildman–Crippen MR) is 87.7 cm³/mol. The second-order valence-electron chi connectivity index (χ2n) is 4.45. The summed E-state index contributed by atoms with van der Waals surface area (Å²) < 4.78 is 5.69. The van der Waals surface area contributed by atoms with Gasteiger partial charge in [0.25, 0.3) is 0 Å². The van der Waals surface area contributed by atoms with E-state index in [4.69, 9.17) is 22.1 Å². The molecule has 0 unspecified atom stereocenters. The summed E-state index contributed by atoms with van der Waals surface area (Å²) in [6.07, 6.45) is 0. The van der Waals surface area contributed by atoms with Gasteiger partial charge in [-0.1, -0.05) is 41.9 Å². The van der Waals surface area contributed by atoms with E-state index in [1.165, 1.54) is 0 Å². The highest BCUT2D eigenvalue weighted by molar-refractivity contribution is 7.13. The fraction of sp³-hybridized carbons (Fsp3) is 0.0625. The van der Waals surface area contributed by atoms with Gasteiger partial charge in [-0.2, -0.15) is 0 Å². The average Bonchev–Trinajstić information content (AvgIpc) is 2.96. The third-order valence-electron chi connectivity index (χ3n) is 2.95. The van der Waals surface area contributed by atoms with Gasteiger partial charge in [-0.3, -0.25) is 0 Å². The minimum atomic E-state index is 0.384. The Morgan fingerprint density at radius 1 is 1.10 bits per heavy atom. The van der Waals surface area contributed by atoms with Crippen molar-refractivity contribution < 1.29 is 4.74 Å². The highest BCUT2D eigenvalue weighted by atomic mass is 35.5. The van der Waals surface area contributed by atoms with E-state index in [9.17, 15) is 0 Å². The average molecular weight is 317 g/mol. The molecule has 2 aromatic carbocycles. The van der Waals surface area contributed by atoms with Gasteiger partial charge in [-0.15, -0.1) is 11.3 Å². The van der Waals surface area contributed by atoms with Crippen LogP contribution in [0.5, 0.6) is 5.75 Å². The Bertz CT molecular complexity index is 757. The lowest BCUT2D eigenvalue weighted by Gasteiger charge is -2.06. The van der Waals surface area contributed by atoms with Crippen molar-refractivity contribution in [1.29, 1.82) is 0 Å². The van der Waals surface area contributed by atoms with E-state index in [0.717, 1.165) is 16.3 Å². The lowest BCUT2D eigenvalue weighted by atomic mass is 10.2. The maximum Gasteiger partial charge on any atom is 0.142 e. The Labute approximate surface area is 132 Å². The molecule has 0 saturated carbocycles. The highest BCUT2D eigenvalue weighted by Gasteiger charge is 2.09. The van der Waals surface area contributed by atoms with Crippen LogP contribution >= 0.6 is 22.9 Å². The SMILES string of the molecule is Nc1ccccc1OCc1csc(-c2ccccc2Cl)n1. The number of thiazole rings is 1. The van der Waals surface area contributed by atoms with Crippen LogP contribution in [0.25, 0.3) is 10.6 Å². The lowest BCUT2D eigenvalue weighted by Crippen LogP contribution is -1.98. The van der Waals surface area contributed by atoms with Gasteiger partial charge in [0.2, 0.25) is 0 Å². The molecule has 0 aliphatic carbocycles. The number of hydrogen-bond donors (Lipinski definition) is 1. The van der Waals surface area contributed by atoms with Crippen molar-refractivity contribution in [3.05, 3.63) is 64.6 Å². The Hall–Kier alpha value is -2.04. The lowest BCUT2D eigenvalue weighted by molar-refractivity contribution is 0.304. The molecule has 3 aromatic rings. The molecule has 3 rings (SSSR count). The van der Waals surface area contributed by atoms with Gasteiger partial charge in [0.05, 0.1) is 16.4 Å². The third kappa shape index (κ3) is 3.17. The number of nitrogen functional groups attached to an aromatic ring is 1. The number of rotatable bonds is 4. The third-order valence-corrected chi connectivity index (χ3v) is 4.20. The smallest absolute Gasteiger partial charge is 0.142 e. The van der Waals surface area contributed by atoms with Crippen LogP contribution in [0, 0.1) is 0 Å². The number of nitrogens with two attached hydrogens (primary N) is 1. The Balaban J connectivity index is 1.74. The summed E-state index contributed by atoms with van der Waals surface area (Å²) in [6.45, 7) is 0.384. The van der Waals surface area contributed by atoms with Crippen LogP contribution < -0.4 is 10.5 Å². The number of ether oxygens (including phenoxy) is 1. The minimum absolute atomic E-state index is 0.384. The molecule has 0 bridgehead atoms. The van der Waals surface area contributed by atoms with Gasteiger partial charge in [-0.25, -0.2) is 4.98 Å². The minimum Gasteiger partial charge on any atom is -0.485 e. The molecule has 5 heteroatoms. The van der Waals surface area contributed by atoms with Crippen LogP contribution in [0.1, 0.15) is 5.69 Å². The van der Waals surface area contributed by atoms with Crippen molar-refractivity contribution in [3.8, 4) is 16.3 Å². The standard InChI is InChI=1S/C16H13ClN2OS/c17-13-6-2-1-5-12(13)16-19-11(10-21-16)9-20-15-8-4-3-7-14(15)18/h1-8,10H,9,18H2. The van der Waals surface area contributed by atoms with E-state index in [1.807, 2.05) is 53.9 Å². The van der Waals surface area contributed by atoms with Crippen molar-refractivity contribution in [2.45, 2.75) is 6.61 Å². The van der Waals surface area contributed by atoms with Crippen LogP contribution in [-0.4, -0.2) is 4.98 Å².